The van der Waals surface area contributed by atoms with Crippen molar-refractivity contribution in [1.29, 1.82) is 0 Å². The van der Waals surface area contributed by atoms with Crippen LogP contribution in [-0.2, 0) is 27.2 Å². The van der Waals surface area contributed by atoms with E-state index in [1.165, 1.54) is 17.2 Å². The Morgan fingerprint density at radius 3 is 2.53 bits per heavy atom. The van der Waals surface area contributed by atoms with E-state index >= 15 is 0 Å². The summed E-state index contributed by atoms with van der Waals surface area (Å²) in [6, 6.07) is 11.3. The van der Waals surface area contributed by atoms with Crippen molar-refractivity contribution < 1.29 is 23.8 Å². The van der Waals surface area contributed by atoms with Crippen molar-refractivity contribution in [2.45, 2.75) is 33.1 Å². The third-order valence-corrected chi connectivity index (χ3v) is 4.71. The second-order valence-electron chi connectivity index (χ2n) is 6.90. The van der Waals surface area contributed by atoms with Gasteiger partial charge in [-0.05, 0) is 80.1 Å². The Morgan fingerprint density at radius 2 is 1.73 bits per heavy atom. The number of carbonyl (C=O) groups is 2. The molecule has 0 aliphatic heterocycles. The van der Waals surface area contributed by atoms with E-state index in [0.717, 1.165) is 30.5 Å². The van der Waals surface area contributed by atoms with Crippen molar-refractivity contribution in [3.63, 3.8) is 0 Å². The van der Waals surface area contributed by atoms with Gasteiger partial charge in [-0.15, -0.1) is 0 Å². The zero-order valence-electron chi connectivity index (χ0n) is 17.4. The Kier molecular flexibility index (Phi) is 7.49. The van der Waals surface area contributed by atoms with Crippen LogP contribution in [0.15, 0.2) is 42.5 Å². The lowest BCUT2D eigenvalue weighted by Crippen LogP contribution is -2.20. The van der Waals surface area contributed by atoms with Crippen molar-refractivity contribution in [1.82, 2.24) is 0 Å². The van der Waals surface area contributed by atoms with Gasteiger partial charge in [-0.1, -0.05) is 12.1 Å². The first-order valence-corrected chi connectivity index (χ1v) is 10.2. The molecule has 2 aromatic rings. The number of aryl methyl sites for hydroxylation is 2. The zero-order chi connectivity index (χ0) is 21.3. The van der Waals surface area contributed by atoms with Crippen LogP contribution in [0, 0.1) is 0 Å². The molecule has 0 atom stereocenters. The van der Waals surface area contributed by atoms with Crippen molar-refractivity contribution in [3.8, 4) is 11.5 Å². The van der Waals surface area contributed by atoms with Crippen LogP contribution in [0.25, 0.3) is 6.08 Å². The summed E-state index contributed by atoms with van der Waals surface area (Å²) in [5, 5.41) is 2.77. The van der Waals surface area contributed by atoms with Crippen molar-refractivity contribution >= 4 is 23.6 Å². The molecule has 1 amide bonds. The van der Waals surface area contributed by atoms with E-state index in [1.54, 1.807) is 18.2 Å². The largest absolute Gasteiger partial charge is 0.490 e. The molecule has 0 aromatic heterocycles. The van der Waals surface area contributed by atoms with Crippen LogP contribution in [-0.4, -0.2) is 31.7 Å². The SMILES string of the molecule is CCOc1ccc(/C=C/C(=O)OCC(=O)Nc2ccc3c(c2)CCC3)cc1OCC. The van der Waals surface area contributed by atoms with E-state index in [-0.39, 0.29) is 12.5 Å². The standard InChI is InChI=1S/C24H27NO5/c1-3-28-21-12-8-17(14-22(21)29-4-2)9-13-24(27)30-16-23(26)25-20-11-10-18-6-5-7-19(18)15-20/h8-15H,3-7,16H2,1-2H3,(H,25,26)/b13-9+. The lowest BCUT2D eigenvalue weighted by molar-refractivity contribution is -0.142. The summed E-state index contributed by atoms with van der Waals surface area (Å²) in [5.74, 6) is 0.311. The van der Waals surface area contributed by atoms with E-state index in [2.05, 4.69) is 5.32 Å². The van der Waals surface area contributed by atoms with E-state index in [0.29, 0.717) is 24.7 Å². The Morgan fingerprint density at radius 1 is 0.967 bits per heavy atom. The molecule has 158 valence electrons. The quantitative estimate of drug-likeness (QED) is 0.497. The second-order valence-corrected chi connectivity index (χ2v) is 6.90. The molecule has 0 unspecified atom stereocenters. The fourth-order valence-corrected chi connectivity index (χ4v) is 3.37. The van der Waals surface area contributed by atoms with Crippen LogP contribution in [0.1, 0.15) is 37.0 Å². The number of hydrogen-bond acceptors (Lipinski definition) is 5. The van der Waals surface area contributed by atoms with Gasteiger partial charge in [0.05, 0.1) is 13.2 Å². The van der Waals surface area contributed by atoms with E-state index < -0.39 is 5.97 Å². The first-order valence-electron chi connectivity index (χ1n) is 10.2. The van der Waals surface area contributed by atoms with Gasteiger partial charge >= 0.3 is 5.97 Å². The summed E-state index contributed by atoms with van der Waals surface area (Å²) in [4.78, 5) is 24.0. The highest BCUT2D eigenvalue weighted by Crippen LogP contribution is 2.29. The molecular weight excluding hydrogens is 382 g/mol. The Balaban J connectivity index is 1.50. The van der Waals surface area contributed by atoms with Gasteiger partial charge in [0, 0.05) is 11.8 Å². The molecule has 0 fully saturated rings. The Hall–Kier alpha value is -3.28. The van der Waals surface area contributed by atoms with Gasteiger partial charge in [-0.25, -0.2) is 4.79 Å². The van der Waals surface area contributed by atoms with Crippen LogP contribution in [0.2, 0.25) is 0 Å². The molecular formula is C24H27NO5. The summed E-state index contributed by atoms with van der Waals surface area (Å²) in [6.07, 6.45) is 6.17. The number of fused-ring (bicyclic) bond motifs is 1. The van der Waals surface area contributed by atoms with Gasteiger partial charge in [0.1, 0.15) is 0 Å². The van der Waals surface area contributed by atoms with Crippen LogP contribution in [0.3, 0.4) is 0 Å². The fraction of sp³-hybridized carbons (Fsp3) is 0.333. The molecule has 0 spiro atoms. The lowest BCUT2D eigenvalue weighted by Gasteiger charge is -2.11. The van der Waals surface area contributed by atoms with E-state index in [4.69, 9.17) is 14.2 Å². The third-order valence-electron chi connectivity index (χ3n) is 4.71. The Labute approximate surface area is 176 Å². The maximum absolute atomic E-state index is 12.1. The minimum atomic E-state index is -0.592. The number of benzene rings is 2. The van der Waals surface area contributed by atoms with Gasteiger partial charge in [0.15, 0.2) is 18.1 Å². The number of hydrogen-bond donors (Lipinski definition) is 1. The van der Waals surface area contributed by atoms with Gasteiger partial charge in [-0.3, -0.25) is 4.79 Å². The number of anilines is 1. The van der Waals surface area contributed by atoms with Crippen molar-refractivity contribution in [2.75, 3.05) is 25.1 Å². The Bertz CT molecular complexity index is 935. The molecule has 1 aliphatic rings. The highest BCUT2D eigenvalue weighted by Gasteiger charge is 2.12. The average Bonchev–Trinajstić information content (AvgIpc) is 3.20. The molecule has 0 radical (unpaired) electrons. The predicted octanol–water partition coefficient (Wildman–Crippen LogP) is 4.17. The number of amides is 1. The molecule has 1 N–H and O–H groups in total. The monoisotopic (exact) mass is 409 g/mol. The zero-order valence-corrected chi connectivity index (χ0v) is 17.4. The molecule has 3 rings (SSSR count). The highest BCUT2D eigenvalue weighted by atomic mass is 16.5. The molecule has 30 heavy (non-hydrogen) atoms. The van der Waals surface area contributed by atoms with E-state index in [9.17, 15) is 9.59 Å². The third kappa shape index (κ3) is 5.86. The molecule has 0 saturated heterocycles. The van der Waals surface area contributed by atoms with Gasteiger partial charge in [-0.2, -0.15) is 0 Å². The number of carbonyl (C=O) groups excluding carboxylic acids is 2. The number of ether oxygens (including phenoxy) is 3. The molecule has 6 nitrogen and oxygen atoms in total. The maximum Gasteiger partial charge on any atom is 0.331 e. The normalized spacial score (nSPS) is 12.5. The van der Waals surface area contributed by atoms with Crippen LogP contribution in [0.4, 0.5) is 5.69 Å². The molecule has 1 aliphatic carbocycles. The minimum absolute atomic E-state index is 0.340. The van der Waals surface area contributed by atoms with Crippen LogP contribution < -0.4 is 14.8 Å². The topological polar surface area (TPSA) is 73.9 Å². The van der Waals surface area contributed by atoms with Crippen LogP contribution >= 0.6 is 0 Å². The smallest absolute Gasteiger partial charge is 0.331 e. The molecule has 2 aromatic carbocycles. The highest BCUT2D eigenvalue weighted by molar-refractivity contribution is 5.94. The predicted molar refractivity (Wildman–Crippen MR) is 116 cm³/mol. The summed E-state index contributed by atoms with van der Waals surface area (Å²) < 4.78 is 16.1. The summed E-state index contributed by atoms with van der Waals surface area (Å²) in [7, 11) is 0. The molecule has 0 saturated carbocycles. The minimum Gasteiger partial charge on any atom is -0.490 e. The van der Waals surface area contributed by atoms with Crippen molar-refractivity contribution in [3.05, 3.63) is 59.2 Å². The van der Waals surface area contributed by atoms with Crippen molar-refractivity contribution in [2.24, 2.45) is 0 Å². The second kappa shape index (κ2) is 10.5. The van der Waals surface area contributed by atoms with Gasteiger partial charge in [0.2, 0.25) is 0 Å². The molecule has 6 heteroatoms. The maximum atomic E-state index is 12.1. The number of rotatable bonds is 9. The summed E-state index contributed by atoms with van der Waals surface area (Å²) >= 11 is 0. The average molecular weight is 409 g/mol. The van der Waals surface area contributed by atoms with E-state index in [1.807, 2.05) is 38.1 Å². The first-order chi connectivity index (χ1) is 14.6. The summed E-state index contributed by atoms with van der Waals surface area (Å²) in [5.41, 5.74) is 4.10. The molecule has 0 heterocycles. The lowest BCUT2D eigenvalue weighted by atomic mass is 10.1. The molecule has 0 bridgehead atoms. The number of nitrogens with one attached hydrogen (secondary N) is 1. The van der Waals surface area contributed by atoms with Gasteiger partial charge < -0.3 is 19.5 Å². The van der Waals surface area contributed by atoms with Gasteiger partial charge in [0.25, 0.3) is 5.91 Å². The fourth-order valence-electron chi connectivity index (χ4n) is 3.37. The first kappa shape index (κ1) is 21.4. The van der Waals surface area contributed by atoms with Crippen LogP contribution in [0.5, 0.6) is 11.5 Å². The summed E-state index contributed by atoms with van der Waals surface area (Å²) in [6.45, 7) is 4.50. The number of esters is 1.